The quantitative estimate of drug-likeness (QED) is 0.285. The molecule has 0 radical (unpaired) electrons. The number of hydrogen-bond acceptors (Lipinski definition) is 6. The fourth-order valence-electron chi connectivity index (χ4n) is 3.07. The molecule has 0 aromatic rings. The van der Waals surface area contributed by atoms with Gasteiger partial charge in [-0.1, -0.05) is 0 Å². The van der Waals surface area contributed by atoms with E-state index in [9.17, 15) is 19.2 Å². The van der Waals surface area contributed by atoms with Crippen LogP contribution in [0, 0.1) is 5.92 Å². The van der Waals surface area contributed by atoms with Crippen molar-refractivity contribution in [3.8, 4) is 0 Å². The van der Waals surface area contributed by atoms with E-state index >= 15 is 0 Å². The summed E-state index contributed by atoms with van der Waals surface area (Å²) in [5.41, 5.74) is -0.223. The predicted octanol–water partition coefficient (Wildman–Crippen LogP) is 0.520. The number of carbonyl (C=O) groups is 4. The van der Waals surface area contributed by atoms with Crippen LogP contribution in [0.4, 0.5) is 0 Å². The van der Waals surface area contributed by atoms with Crippen molar-refractivity contribution >= 4 is 58.3 Å². The van der Waals surface area contributed by atoms with Crippen molar-refractivity contribution < 1.29 is 19.2 Å². The molecule has 2 saturated heterocycles. The van der Waals surface area contributed by atoms with Crippen molar-refractivity contribution in [2.24, 2.45) is 5.92 Å². The van der Waals surface area contributed by atoms with E-state index in [1.807, 2.05) is 0 Å². The lowest BCUT2D eigenvalue weighted by Gasteiger charge is -2.39. The van der Waals surface area contributed by atoms with Crippen LogP contribution in [-0.4, -0.2) is 79.6 Å². The van der Waals surface area contributed by atoms with Crippen molar-refractivity contribution in [2.45, 2.75) is 27.7 Å². The van der Waals surface area contributed by atoms with Gasteiger partial charge in [0, 0.05) is 26.2 Å². The standard InChI is InChI=1S/C17H22N4O4S2/c1-5-18-12(22)10(13(23)19(6-2)16(18)26)9-11-14(24)20(7-3)17(27)21(8-4)15(11)25/h9-10H,5-8H2,1-4H3. The Morgan fingerprint density at radius 3 is 1.37 bits per heavy atom. The molecule has 0 saturated carbocycles. The van der Waals surface area contributed by atoms with Gasteiger partial charge in [-0.3, -0.25) is 38.8 Å². The second-order valence-corrected chi connectivity index (χ2v) is 6.62. The summed E-state index contributed by atoms with van der Waals surface area (Å²) in [4.78, 5) is 56.2. The van der Waals surface area contributed by atoms with Crippen LogP contribution in [0.5, 0.6) is 0 Å². The van der Waals surface area contributed by atoms with Crippen molar-refractivity contribution in [1.82, 2.24) is 19.6 Å². The second kappa shape index (κ2) is 8.22. The predicted molar refractivity (Wildman–Crippen MR) is 106 cm³/mol. The molecular formula is C17H22N4O4S2. The first-order valence-electron chi connectivity index (χ1n) is 8.81. The molecule has 2 fully saturated rings. The number of thiocarbonyl (C=S) groups is 2. The highest BCUT2D eigenvalue weighted by Crippen LogP contribution is 2.24. The SMILES string of the molecule is CCN1C(=O)C(=CC2C(=O)N(CC)C(=S)N(CC)C2=O)C(=O)N(CC)C1=S. The first-order chi connectivity index (χ1) is 12.7. The van der Waals surface area contributed by atoms with Crippen LogP contribution < -0.4 is 0 Å². The summed E-state index contributed by atoms with van der Waals surface area (Å²) in [6.45, 7) is 8.08. The molecule has 146 valence electrons. The Morgan fingerprint density at radius 1 is 0.704 bits per heavy atom. The molecule has 10 heteroatoms. The van der Waals surface area contributed by atoms with E-state index in [4.69, 9.17) is 24.4 Å². The highest BCUT2D eigenvalue weighted by Gasteiger charge is 2.44. The third-order valence-corrected chi connectivity index (χ3v) is 5.42. The number of carbonyl (C=O) groups excluding carboxylic acids is 4. The lowest BCUT2D eigenvalue weighted by molar-refractivity contribution is -0.144. The molecule has 0 aliphatic carbocycles. The Morgan fingerprint density at radius 2 is 1.04 bits per heavy atom. The van der Waals surface area contributed by atoms with E-state index in [0.717, 1.165) is 6.08 Å². The van der Waals surface area contributed by atoms with Gasteiger partial charge in [0.25, 0.3) is 11.8 Å². The van der Waals surface area contributed by atoms with Gasteiger partial charge in [-0.25, -0.2) is 0 Å². The minimum atomic E-state index is -1.27. The Kier molecular flexibility index (Phi) is 6.42. The minimum absolute atomic E-state index is 0.125. The maximum atomic E-state index is 12.8. The number of nitrogens with zero attached hydrogens (tertiary/aromatic N) is 4. The van der Waals surface area contributed by atoms with Crippen LogP contribution in [0.2, 0.25) is 0 Å². The molecule has 27 heavy (non-hydrogen) atoms. The maximum absolute atomic E-state index is 12.8. The normalized spacial score (nSPS) is 19.6. The molecule has 4 amide bonds. The average Bonchev–Trinajstić information content (AvgIpc) is 2.62. The lowest BCUT2D eigenvalue weighted by Crippen LogP contribution is -2.60. The van der Waals surface area contributed by atoms with Crippen LogP contribution in [0.3, 0.4) is 0 Å². The fourth-order valence-corrected chi connectivity index (χ4v) is 3.93. The zero-order valence-electron chi connectivity index (χ0n) is 15.7. The minimum Gasteiger partial charge on any atom is -0.288 e. The van der Waals surface area contributed by atoms with E-state index in [2.05, 4.69) is 0 Å². The number of rotatable bonds is 5. The van der Waals surface area contributed by atoms with E-state index in [1.54, 1.807) is 27.7 Å². The summed E-state index contributed by atoms with van der Waals surface area (Å²) in [6, 6.07) is 0. The Labute approximate surface area is 168 Å². The van der Waals surface area contributed by atoms with Gasteiger partial charge in [-0.15, -0.1) is 0 Å². The van der Waals surface area contributed by atoms with E-state index in [1.165, 1.54) is 19.6 Å². The smallest absolute Gasteiger partial charge is 0.265 e. The topological polar surface area (TPSA) is 81.2 Å². The van der Waals surface area contributed by atoms with Gasteiger partial charge in [0.05, 0.1) is 0 Å². The molecule has 0 aromatic heterocycles. The average molecular weight is 411 g/mol. The molecule has 0 N–H and O–H groups in total. The van der Waals surface area contributed by atoms with E-state index in [-0.39, 0.29) is 42.0 Å². The summed E-state index contributed by atoms with van der Waals surface area (Å²) in [6.07, 6.45) is 1.16. The maximum Gasteiger partial charge on any atom is 0.265 e. The first-order valence-corrected chi connectivity index (χ1v) is 9.62. The zero-order valence-corrected chi connectivity index (χ0v) is 17.4. The van der Waals surface area contributed by atoms with E-state index < -0.39 is 29.5 Å². The van der Waals surface area contributed by atoms with Crippen molar-refractivity contribution in [2.75, 3.05) is 26.2 Å². The zero-order chi connectivity index (χ0) is 20.5. The van der Waals surface area contributed by atoms with Crippen molar-refractivity contribution in [3.63, 3.8) is 0 Å². The van der Waals surface area contributed by atoms with Gasteiger partial charge >= 0.3 is 0 Å². The molecule has 0 spiro atoms. The molecular weight excluding hydrogens is 388 g/mol. The molecule has 0 atom stereocenters. The van der Waals surface area contributed by atoms with Crippen LogP contribution in [0.25, 0.3) is 0 Å². The van der Waals surface area contributed by atoms with Gasteiger partial charge in [0.1, 0.15) is 11.5 Å². The molecule has 2 aliphatic rings. The lowest BCUT2D eigenvalue weighted by atomic mass is 9.97. The molecule has 2 rings (SSSR count). The summed E-state index contributed by atoms with van der Waals surface area (Å²) in [5.74, 6) is -3.55. The molecule has 0 aromatic carbocycles. The van der Waals surface area contributed by atoms with E-state index in [0.29, 0.717) is 0 Å². The summed E-state index contributed by atoms with van der Waals surface area (Å²) < 4.78 is 0. The third kappa shape index (κ3) is 3.39. The van der Waals surface area contributed by atoms with Gasteiger partial charge < -0.3 is 0 Å². The summed E-state index contributed by atoms with van der Waals surface area (Å²) >= 11 is 10.4. The molecule has 2 heterocycles. The summed E-state index contributed by atoms with van der Waals surface area (Å²) in [7, 11) is 0. The number of likely N-dealkylation sites (N-methyl/N-ethyl adjacent to an activating group) is 2. The molecule has 0 bridgehead atoms. The monoisotopic (exact) mass is 410 g/mol. The molecule has 0 unspecified atom stereocenters. The fraction of sp³-hybridized carbons (Fsp3) is 0.529. The van der Waals surface area contributed by atoms with Crippen LogP contribution >= 0.6 is 24.4 Å². The van der Waals surface area contributed by atoms with Gasteiger partial charge in [0.2, 0.25) is 11.8 Å². The Balaban J connectivity index is 2.53. The Bertz CT molecular complexity index is 710. The van der Waals surface area contributed by atoms with Crippen molar-refractivity contribution in [3.05, 3.63) is 11.6 Å². The van der Waals surface area contributed by atoms with Crippen LogP contribution in [0.1, 0.15) is 27.7 Å². The molecule has 2 aliphatic heterocycles. The molecule has 8 nitrogen and oxygen atoms in total. The van der Waals surface area contributed by atoms with Gasteiger partial charge in [-0.05, 0) is 58.2 Å². The second-order valence-electron chi connectivity index (χ2n) is 5.89. The van der Waals surface area contributed by atoms with Gasteiger partial charge in [-0.2, -0.15) is 0 Å². The highest BCUT2D eigenvalue weighted by molar-refractivity contribution is 7.80. The van der Waals surface area contributed by atoms with Crippen LogP contribution in [0.15, 0.2) is 11.6 Å². The summed E-state index contributed by atoms with van der Waals surface area (Å²) in [5, 5.41) is 0.262. The number of hydrogen-bond donors (Lipinski definition) is 0. The third-order valence-electron chi connectivity index (χ3n) is 4.54. The Hall–Kier alpha value is -2.20. The largest absolute Gasteiger partial charge is 0.288 e. The number of amides is 4. The highest BCUT2D eigenvalue weighted by atomic mass is 32.1. The van der Waals surface area contributed by atoms with Gasteiger partial charge in [0.15, 0.2) is 10.2 Å². The first kappa shape index (κ1) is 21.1. The van der Waals surface area contributed by atoms with Crippen molar-refractivity contribution in [1.29, 1.82) is 0 Å². The van der Waals surface area contributed by atoms with Crippen LogP contribution in [-0.2, 0) is 19.2 Å².